The molecule has 2 amide bonds. The number of ether oxygens (including phenoxy) is 3. The number of esters is 1. The SMILES string of the molecule is CCOC(=O)COc1c(I)cc(C=NNC(=O)CC(=O)Nc2ccc(F)cc2)cc1OC. The van der Waals surface area contributed by atoms with Crippen LogP contribution in [0.3, 0.4) is 0 Å². The van der Waals surface area contributed by atoms with Crippen LogP contribution in [-0.4, -0.2) is 44.3 Å². The lowest BCUT2D eigenvalue weighted by Gasteiger charge is -2.13. The molecule has 0 aliphatic carbocycles. The van der Waals surface area contributed by atoms with E-state index in [0.717, 1.165) is 0 Å². The van der Waals surface area contributed by atoms with E-state index in [1.165, 1.54) is 37.6 Å². The first-order chi connectivity index (χ1) is 15.3. The fourth-order valence-corrected chi connectivity index (χ4v) is 3.17. The van der Waals surface area contributed by atoms with Crippen molar-refractivity contribution in [1.82, 2.24) is 5.43 Å². The van der Waals surface area contributed by atoms with Crippen LogP contribution in [0.2, 0.25) is 0 Å². The number of anilines is 1. The van der Waals surface area contributed by atoms with Gasteiger partial charge in [-0.25, -0.2) is 14.6 Å². The van der Waals surface area contributed by atoms with Gasteiger partial charge in [0.15, 0.2) is 18.1 Å². The van der Waals surface area contributed by atoms with Gasteiger partial charge in [-0.3, -0.25) is 9.59 Å². The molecule has 170 valence electrons. The summed E-state index contributed by atoms with van der Waals surface area (Å²) in [5.41, 5.74) is 3.22. The smallest absolute Gasteiger partial charge is 0.344 e. The molecule has 0 aliphatic rings. The summed E-state index contributed by atoms with van der Waals surface area (Å²) in [6.07, 6.45) is 0.909. The minimum Gasteiger partial charge on any atom is -0.493 e. The predicted octanol–water partition coefficient (Wildman–Crippen LogP) is 2.86. The second-order valence-corrected chi connectivity index (χ2v) is 7.32. The highest BCUT2D eigenvalue weighted by Gasteiger charge is 2.14. The molecule has 0 radical (unpaired) electrons. The molecule has 0 unspecified atom stereocenters. The Balaban J connectivity index is 1.92. The Labute approximate surface area is 197 Å². The second kappa shape index (κ2) is 12.6. The number of benzene rings is 2. The zero-order chi connectivity index (χ0) is 23.5. The minimum atomic E-state index is -0.628. The molecule has 0 saturated carbocycles. The number of hydrogen-bond acceptors (Lipinski definition) is 7. The van der Waals surface area contributed by atoms with Crippen LogP contribution in [0.1, 0.15) is 18.9 Å². The molecule has 32 heavy (non-hydrogen) atoms. The summed E-state index contributed by atoms with van der Waals surface area (Å²) in [6.45, 7) is 1.70. The quantitative estimate of drug-likeness (QED) is 0.153. The van der Waals surface area contributed by atoms with Gasteiger partial charge in [0.2, 0.25) is 11.8 Å². The van der Waals surface area contributed by atoms with E-state index in [0.29, 0.717) is 26.3 Å². The first-order valence-corrected chi connectivity index (χ1v) is 10.4. The highest BCUT2D eigenvalue weighted by molar-refractivity contribution is 14.1. The van der Waals surface area contributed by atoms with Crippen molar-refractivity contribution in [1.29, 1.82) is 0 Å². The molecular weight excluding hydrogens is 536 g/mol. The Bertz CT molecular complexity index is 998. The van der Waals surface area contributed by atoms with Crippen LogP contribution in [0.5, 0.6) is 11.5 Å². The van der Waals surface area contributed by atoms with Crippen molar-refractivity contribution in [3.8, 4) is 11.5 Å². The van der Waals surface area contributed by atoms with Crippen molar-refractivity contribution < 1.29 is 33.0 Å². The topological polar surface area (TPSA) is 115 Å². The van der Waals surface area contributed by atoms with Gasteiger partial charge >= 0.3 is 5.97 Å². The van der Waals surface area contributed by atoms with Crippen molar-refractivity contribution in [2.45, 2.75) is 13.3 Å². The summed E-state index contributed by atoms with van der Waals surface area (Å²) in [4.78, 5) is 35.3. The molecule has 0 aromatic heterocycles. The number of nitrogens with one attached hydrogen (secondary N) is 2. The number of methoxy groups -OCH3 is 1. The van der Waals surface area contributed by atoms with E-state index in [1.807, 2.05) is 22.6 Å². The molecule has 0 bridgehead atoms. The lowest BCUT2D eigenvalue weighted by molar-refractivity contribution is -0.145. The number of carbonyl (C=O) groups is 3. The largest absolute Gasteiger partial charge is 0.493 e. The fraction of sp³-hybridized carbons (Fsp3) is 0.238. The molecular formula is C21H21FIN3O6. The third-order valence-corrected chi connectivity index (χ3v) is 4.54. The molecule has 0 aliphatic heterocycles. The average molecular weight is 557 g/mol. The van der Waals surface area contributed by atoms with Crippen LogP contribution < -0.4 is 20.2 Å². The maximum Gasteiger partial charge on any atom is 0.344 e. The molecule has 2 aromatic carbocycles. The maximum absolute atomic E-state index is 12.9. The van der Waals surface area contributed by atoms with Crippen LogP contribution in [0.25, 0.3) is 0 Å². The number of amides is 2. The van der Waals surface area contributed by atoms with Gasteiger partial charge < -0.3 is 19.5 Å². The number of halogens is 2. The van der Waals surface area contributed by atoms with Crippen molar-refractivity contribution in [2.75, 3.05) is 25.6 Å². The Morgan fingerprint density at radius 1 is 1.16 bits per heavy atom. The zero-order valence-corrected chi connectivity index (χ0v) is 19.5. The fourth-order valence-electron chi connectivity index (χ4n) is 2.39. The van der Waals surface area contributed by atoms with E-state index in [4.69, 9.17) is 14.2 Å². The van der Waals surface area contributed by atoms with E-state index < -0.39 is 30.0 Å². The van der Waals surface area contributed by atoms with Gasteiger partial charge in [0.1, 0.15) is 12.2 Å². The summed E-state index contributed by atoms with van der Waals surface area (Å²) in [5.74, 6) is -1.38. The number of nitrogens with zero attached hydrogens (tertiary/aromatic N) is 1. The summed E-state index contributed by atoms with van der Waals surface area (Å²) >= 11 is 2.01. The first kappa shape index (κ1) is 25.0. The van der Waals surface area contributed by atoms with Gasteiger partial charge in [0.05, 0.1) is 23.5 Å². The van der Waals surface area contributed by atoms with Gasteiger partial charge in [-0.05, 0) is 71.5 Å². The Morgan fingerprint density at radius 3 is 2.53 bits per heavy atom. The normalized spacial score (nSPS) is 10.5. The highest BCUT2D eigenvalue weighted by Crippen LogP contribution is 2.33. The van der Waals surface area contributed by atoms with Crippen LogP contribution in [0.15, 0.2) is 41.5 Å². The second-order valence-electron chi connectivity index (χ2n) is 6.15. The van der Waals surface area contributed by atoms with E-state index >= 15 is 0 Å². The van der Waals surface area contributed by atoms with Gasteiger partial charge in [-0.2, -0.15) is 5.10 Å². The van der Waals surface area contributed by atoms with Crippen molar-refractivity contribution in [3.63, 3.8) is 0 Å². The first-order valence-electron chi connectivity index (χ1n) is 9.35. The average Bonchev–Trinajstić information content (AvgIpc) is 2.74. The molecule has 11 heteroatoms. The Hall–Kier alpha value is -3.22. The zero-order valence-electron chi connectivity index (χ0n) is 17.3. The summed E-state index contributed by atoms with van der Waals surface area (Å²) in [5, 5.41) is 6.31. The van der Waals surface area contributed by atoms with Gasteiger partial charge in [-0.1, -0.05) is 0 Å². The van der Waals surface area contributed by atoms with Crippen molar-refractivity contribution >= 4 is 52.3 Å². The monoisotopic (exact) mass is 557 g/mol. The van der Waals surface area contributed by atoms with E-state index in [2.05, 4.69) is 15.8 Å². The summed E-state index contributed by atoms with van der Waals surface area (Å²) in [7, 11) is 1.45. The third kappa shape index (κ3) is 8.13. The lowest BCUT2D eigenvalue weighted by Crippen LogP contribution is -2.24. The predicted molar refractivity (Wildman–Crippen MR) is 123 cm³/mol. The molecule has 0 spiro atoms. The Kier molecular flexibility index (Phi) is 9.85. The standard InChI is InChI=1S/C21H21FIN3O6/c1-3-31-20(29)12-32-21-16(23)8-13(9-17(21)30-2)11-24-26-19(28)10-18(27)25-15-6-4-14(22)5-7-15/h4-9,11H,3,10,12H2,1-2H3,(H,25,27)(H,26,28). The van der Waals surface area contributed by atoms with Crippen LogP contribution in [-0.2, 0) is 19.1 Å². The van der Waals surface area contributed by atoms with E-state index in [-0.39, 0.29) is 13.2 Å². The molecule has 0 atom stereocenters. The number of carbonyl (C=O) groups excluding carboxylic acids is 3. The van der Waals surface area contributed by atoms with Crippen LogP contribution in [0, 0.1) is 9.39 Å². The third-order valence-electron chi connectivity index (χ3n) is 3.74. The number of hydrogen-bond donors (Lipinski definition) is 2. The highest BCUT2D eigenvalue weighted by atomic mass is 127. The molecule has 9 nitrogen and oxygen atoms in total. The van der Waals surface area contributed by atoms with Gasteiger partial charge in [0.25, 0.3) is 0 Å². The van der Waals surface area contributed by atoms with Gasteiger partial charge in [0, 0.05) is 5.69 Å². The Morgan fingerprint density at radius 2 is 1.88 bits per heavy atom. The number of hydrazone groups is 1. The van der Waals surface area contributed by atoms with E-state index in [9.17, 15) is 18.8 Å². The number of rotatable bonds is 10. The summed E-state index contributed by atoms with van der Waals surface area (Å²) < 4.78 is 29.1. The molecule has 0 saturated heterocycles. The van der Waals surface area contributed by atoms with E-state index in [1.54, 1.807) is 19.1 Å². The van der Waals surface area contributed by atoms with Crippen molar-refractivity contribution in [2.24, 2.45) is 5.10 Å². The van der Waals surface area contributed by atoms with Crippen LogP contribution >= 0.6 is 22.6 Å². The van der Waals surface area contributed by atoms with Crippen LogP contribution in [0.4, 0.5) is 10.1 Å². The molecule has 2 rings (SSSR count). The maximum atomic E-state index is 12.9. The molecule has 0 heterocycles. The lowest BCUT2D eigenvalue weighted by atomic mass is 10.2. The summed E-state index contributed by atoms with van der Waals surface area (Å²) in [6, 6.07) is 8.49. The molecule has 2 N–H and O–H groups in total. The molecule has 0 fully saturated rings. The molecule has 2 aromatic rings. The van der Waals surface area contributed by atoms with Crippen molar-refractivity contribution in [3.05, 3.63) is 51.3 Å². The van der Waals surface area contributed by atoms with Gasteiger partial charge in [-0.15, -0.1) is 0 Å². The minimum absolute atomic E-state index is 0.255.